The van der Waals surface area contributed by atoms with Crippen LogP contribution in [0.15, 0.2) is 43.0 Å². The number of hydrogen-bond donors (Lipinski definition) is 1. The highest BCUT2D eigenvalue weighted by Crippen LogP contribution is 2.21. The van der Waals surface area contributed by atoms with Gasteiger partial charge in [0.2, 0.25) is 5.91 Å². The molecule has 1 aromatic rings. The zero-order chi connectivity index (χ0) is 14.4. The highest BCUT2D eigenvalue weighted by molar-refractivity contribution is 5.83. The Morgan fingerprint density at radius 3 is 2.42 bits per heavy atom. The van der Waals surface area contributed by atoms with Gasteiger partial charge >= 0.3 is 5.97 Å². The Morgan fingerprint density at radius 2 is 1.95 bits per heavy atom. The van der Waals surface area contributed by atoms with Gasteiger partial charge in [-0.3, -0.25) is 4.79 Å². The smallest absolute Gasteiger partial charge is 0.326 e. The molecular weight excluding hydrogens is 242 g/mol. The predicted molar refractivity (Wildman–Crippen MR) is 73.9 cm³/mol. The van der Waals surface area contributed by atoms with E-state index in [9.17, 15) is 9.59 Å². The SMILES string of the molecule is C=CC(CC(=O)N(C)C(C)C(=O)O)c1ccccc1. The van der Waals surface area contributed by atoms with Crippen LogP contribution in [0.25, 0.3) is 0 Å². The number of carbonyl (C=O) groups is 2. The van der Waals surface area contributed by atoms with E-state index < -0.39 is 12.0 Å². The number of nitrogens with zero attached hydrogens (tertiary/aromatic N) is 1. The average Bonchev–Trinajstić information content (AvgIpc) is 2.43. The van der Waals surface area contributed by atoms with Crippen LogP contribution >= 0.6 is 0 Å². The molecule has 0 aliphatic heterocycles. The lowest BCUT2D eigenvalue weighted by atomic mass is 9.95. The second-order valence-corrected chi connectivity index (χ2v) is 4.48. The van der Waals surface area contributed by atoms with Gasteiger partial charge in [-0.2, -0.15) is 0 Å². The lowest BCUT2D eigenvalue weighted by Gasteiger charge is -2.23. The Hall–Kier alpha value is -2.10. The maximum absolute atomic E-state index is 12.0. The fraction of sp³-hybridized carbons (Fsp3) is 0.333. The van der Waals surface area contributed by atoms with Crippen LogP contribution in [0.2, 0.25) is 0 Å². The van der Waals surface area contributed by atoms with Crippen molar-refractivity contribution < 1.29 is 14.7 Å². The number of hydrogen-bond acceptors (Lipinski definition) is 2. The topological polar surface area (TPSA) is 57.6 Å². The molecule has 1 N–H and O–H groups in total. The van der Waals surface area contributed by atoms with E-state index in [0.717, 1.165) is 5.56 Å². The maximum Gasteiger partial charge on any atom is 0.326 e. The highest BCUT2D eigenvalue weighted by Gasteiger charge is 2.23. The van der Waals surface area contributed by atoms with Crippen LogP contribution in [0.4, 0.5) is 0 Å². The van der Waals surface area contributed by atoms with Gasteiger partial charge in [0.05, 0.1) is 0 Å². The largest absolute Gasteiger partial charge is 0.480 e. The third kappa shape index (κ3) is 3.95. The number of amides is 1. The maximum atomic E-state index is 12.0. The molecule has 0 aliphatic carbocycles. The van der Waals surface area contributed by atoms with Gasteiger partial charge in [0.1, 0.15) is 6.04 Å². The van der Waals surface area contributed by atoms with Crippen LogP contribution < -0.4 is 0 Å². The Morgan fingerprint density at radius 1 is 1.37 bits per heavy atom. The first-order valence-electron chi connectivity index (χ1n) is 6.13. The van der Waals surface area contributed by atoms with Crippen molar-refractivity contribution in [2.45, 2.75) is 25.3 Å². The van der Waals surface area contributed by atoms with Crippen molar-refractivity contribution in [3.05, 3.63) is 48.6 Å². The van der Waals surface area contributed by atoms with Crippen molar-refractivity contribution in [2.24, 2.45) is 0 Å². The molecule has 0 radical (unpaired) electrons. The summed E-state index contributed by atoms with van der Waals surface area (Å²) in [6, 6.07) is 8.75. The standard InChI is InChI=1S/C15H19NO3/c1-4-12(13-8-6-5-7-9-13)10-14(17)16(3)11(2)15(18)19/h4-9,11-12H,1,10H2,2-3H3,(H,18,19). The lowest BCUT2D eigenvalue weighted by molar-refractivity contribution is -0.148. The molecule has 19 heavy (non-hydrogen) atoms. The number of likely N-dealkylation sites (N-methyl/N-ethyl adjacent to an activating group) is 1. The molecular formula is C15H19NO3. The Labute approximate surface area is 113 Å². The summed E-state index contributed by atoms with van der Waals surface area (Å²) in [5, 5.41) is 8.90. The molecule has 4 heteroatoms. The van der Waals surface area contributed by atoms with E-state index in [4.69, 9.17) is 5.11 Å². The van der Waals surface area contributed by atoms with Gasteiger partial charge < -0.3 is 10.0 Å². The van der Waals surface area contributed by atoms with Crippen LogP contribution in [0.5, 0.6) is 0 Å². The number of carboxylic acid groups (broad SMARTS) is 1. The summed E-state index contributed by atoms with van der Waals surface area (Å²) in [6.45, 7) is 5.23. The van der Waals surface area contributed by atoms with Crippen LogP contribution in [0.3, 0.4) is 0 Å². The molecule has 0 bridgehead atoms. The molecule has 0 aliphatic rings. The third-order valence-electron chi connectivity index (χ3n) is 3.24. The number of aliphatic carboxylic acids is 1. The molecule has 1 rings (SSSR count). The van der Waals surface area contributed by atoms with E-state index >= 15 is 0 Å². The molecule has 2 unspecified atom stereocenters. The summed E-state index contributed by atoms with van der Waals surface area (Å²) in [4.78, 5) is 24.2. The molecule has 0 aromatic heterocycles. The molecule has 0 saturated carbocycles. The van der Waals surface area contributed by atoms with E-state index in [-0.39, 0.29) is 18.2 Å². The number of rotatable bonds is 6. The average molecular weight is 261 g/mol. The molecule has 0 heterocycles. The number of benzene rings is 1. The molecule has 102 valence electrons. The lowest BCUT2D eigenvalue weighted by Crippen LogP contribution is -2.40. The molecule has 2 atom stereocenters. The van der Waals surface area contributed by atoms with Crippen LogP contribution in [-0.2, 0) is 9.59 Å². The van der Waals surface area contributed by atoms with Crippen molar-refractivity contribution in [3.63, 3.8) is 0 Å². The van der Waals surface area contributed by atoms with Crippen LogP contribution in [0, 0.1) is 0 Å². The van der Waals surface area contributed by atoms with Gasteiger partial charge in [0.25, 0.3) is 0 Å². The number of allylic oxidation sites excluding steroid dienone is 1. The van der Waals surface area contributed by atoms with Gasteiger partial charge in [-0.1, -0.05) is 36.4 Å². The summed E-state index contributed by atoms with van der Waals surface area (Å²) in [5.74, 6) is -1.31. The Balaban J connectivity index is 2.74. The van der Waals surface area contributed by atoms with Crippen molar-refractivity contribution in [1.29, 1.82) is 0 Å². The van der Waals surface area contributed by atoms with Gasteiger partial charge in [0, 0.05) is 19.4 Å². The minimum absolute atomic E-state index is 0.0999. The van der Waals surface area contributed by atoms with Crippen molar-refractivity contribution in [1.82, 2.24) is 4.90 Å². The number of carboxylic acids is 1. The summed E-state index contributed by atoms with van der Waals surface area (Å²) in [5.41, 5.74) is 1.00. The molecule has 1 amide bonds. The summed E-state index contributed by atoms with van der Waals surface area (Å²) >= 11 is 0. The zero-order valence-corrected chi connectivity index (χ0v) is 11.2. The summed E-state index contributed by atoms with van der Waals surface area (Å²) in [6.07, 6.45) is 1.94. The first-order chi connectivity index (χ1) is 8.97. The summed E-state index contributed by atoms with van der Waals surface area (Å²) in [7, 11) is 1.51. The fourth-order valence-corrected chi connectivity index (χ4v) is 1.75. The third-order valence-corrected chi connectivity index (χ3v) is 3.24. The molecule has 0 saturated heterocycles. The quantitative estimate of drug-likeness (QED) is 0.799. The highest BCUT2D eigenvalue weighted by atomic mass is 16.4. The van der Waals surface area contributed by atoms with Crippen molar-refractivity contribution >= 4 is 11.9 Å². The first-order valence-corrected chi connectivity index (χ1v) is 6.13. The van der Waals surface area contributed by atoms with E-state index in [1.165, 1.54) is 18.9 Å². The first kappa shape index (κ1) is 15.0. The molecule has 4 nitrogen and oxygen atoms in total. The van der Waals surface area contributed by atoms with Crippen molar-refractivity contribution in [3.8, 4) is 0 Å². The fourth-order valence-electron chi connectivity index (χ4n) is 1.75. The monoisotopic (exact) mass is 261 g/mol. The van der Waals surface area contributed by atoms with E-state index in [1.54, 1.807) is 6.08 Å². The van der Waals surface area contributed by atoms with Crippen molar-refractivity contribution in [2.75, 3.05) is 7.05 Å². The van der Waals surface area contributed by atoms with Gasteiger partial charge in [-0.05, 0) is 12.5 Å². The van der Waals surface area contributed by atoms with Crippen LogP contribution in [0.1, 0.15) is 24.8 Å². The van der Waals surface area contributed by atoms with E-state index in [1.807, 2.05) is 30.3 Å². The Kier molecular flexibility index (Phi) is 5.30. The Bertz CT molecular complexity index is 456. The minimum atomic E-state index is -1.01. The van der Waals surface area contributed by atoms with E-state index in [0.29, 0.717) is 0 Å². The molecule has 0 fully saturated rings. The predicted octanol–water partition coefficient (Wildman–Crippen LogP) is 2.28. The van der Waals surface area contributed by atoms with Gasteiger partial charge in [-0.25, -0.2) is 4.79 Å². The molecule has 1 aromatic carbocycles. The summed E-state index contributed by atoms with van der Waals surface area (Å²) < 4.78 is 0. The van der Waals surface area contributed by atoms with Gasteiger partial charge in [-0.15, -0.1) is 6.58 Å². The van der Waals surface area contributed by atoms with Crippen LogP contribution in [-0.4, -0.2) is 35.0 Å². The second kappa shape index (κ2) is 6.73. The van der Waals surface area contributed by atoms with E-state index in [2.05, 4.69) is 6.58 Å². The zero-order valence-electron chi connectivity index (χ0n) is 11.2. The normalized spacial score (nSPS) is 13.4. The van der Waals surface area contributed by atoms with Gasteiger partial charge in [0.15, 0.2) is 0 Å². The number of carbonyl (C=O) groups excluding carboxylic acids is 1. The minimum Gasteiger partial charge on any atom is -0.480 e. The molecule has 0 spiro atoms. The second-order valence-electron chi connectivity index (χ2n) is 4.48.